The summed E-state index contributed by atoms with van der Waals surface area (Å²) in [7, 11) is -3.59. The van der Waals surface area contributed by atoms with Crippen LogP contribution < -0.4 is 5.43 Å². The van der Waals surface area contributed by atoms with Crippen LogP contribution in [0.3, 0.4) is 0 Å². The molecular formula is C21H19N3O4S. The molecule has 29 heavy (non-hydrogen) atoms. The fourth-order valence-corrected chi connectivity index (χ4v) is 3.88. The second-order valence-corrected chi connectivity index (χ2v) is 8.41. The maximum Gasteiger partial charge on any atom is 0.270 e. The van der Waals surface area contributed by atoms with Gasteiger partial charge in [0.15, 0.2) is 0 Å². The van der Waals surface area contributed by atoms with E-state index < -0.39 is 14.8 Å². The summed E-state index contributed by atoms with van der Waals surface area (Å²) < 4.78 is 25.4. The van der Waals surface area contributed by atoms with Gasteiger partial charge >= 0.3 is 0 Å². The highest BCUT2D eigenvalue weighted by Crippen LogP contribution is 2.23. The molecule has 0 atom stereocenters. The van der Waals surface area contributed by atoms with Gasteiger partial charge < -0.3 is 0 Å². The van der Waals surface area contributed by atoms with E-state index in [1.165, 1.54) is 24.3 Å². The number of anilines is 1. The van der Waals surface area contributed by atoms with Crippen molar-refractivity contribution >= 4 is 26.9 Å². The summed E-state index contributed by atoms with van der Waals surface area (Å²) in [5.74, 6) is 0. The summed E-state index contributed by atoms with van der Waals surface area (Å²) in [6.07, 6.45) is 0. The van der Waals surface area contributed by atoms with Crippen molar-refractivity contribution in [2.45, 2.75) is 23.6 Å². The van der Waals surface area contributed by atoms with Gasteiger partial charge in [0.25, 0.3) is 5.69 Å². The number of rotatable bonds is 6. The lowest BCUT2D eigenvalue weighted by molar-refractivity contribution is -0.384. The topological polar surface area (TPSA) is 102 Å². The molecule has 0 heterocycles. The molecule has 3 rings (SSSR count). The van der Waals surface area contributed by atoms with Crippen molar-refractivity contribution < 1.29 is 13.3 Å². The Morgan fingerprint density at radius 1 is 0.966 bits per heavy atom. The number of nitrogens with one attached hydrogen (secondary N) is 1. The number of nitro groups is 1. The van der Waals surface area contributed by atoms with Crippen LogP contribution in [0.2, 0.25) is 0 Å². The van der Waals surface area contributed by atoms with Crippen LogP contribution in [0, 0.1) is 17.0 Å². The largest absolute Gasteiger partial charge is 0.278 e. The van der Waals surface area contributed by atoms with E-state index in [0.717, 1.165) is 5.56 Å². The summed E-state index contributed by atoms with van der Waals surface area (Å²) in [5, 5.41) is 15.1. The van der Waals surface area contributed by atoms with Gasteiger partial charge in [0, 0.05) is 17.7 Å². The molecule has 0 fully saturated rings. The number of nitro benzene ring substituents is 1. The highest BCUT2D eigenvalue weighted by Gasteiger charge is 2.17. The number of sulfone groups is 1. The maximum absolute atomic E-state index is 12.7. The molecule has 148 valence electrons. The summed E-state index contributed by atoms with van der Waals surface area (Å²) in [6.45, 7) is 3.62. The number of non-ortho nitro benzene ring substituents is 1. The number of aryl methyl sites for hydroxylation is 1. The molecule has 0 radical (unpaired) electrons. The molecule has 7 nitrogen and oxygen atoms in total. The van der Waals surface area contributed by atoms with E-state index in [9.17, 15) is 18.5 Å². The van der Waals surface area contributed by atoms with Crippen LogP contribution in [-0.4, -0.2) is 19.1 Å². The van der Waals surface area contributed by atoms with Gasteiger partial charge in [-0.05, 0) is 50.2 Å². The van der Waals surface area contributed by atoms with Crippen molar-refractivity contribution in [3.05, 3.63) is 94.0 Å². The van der Waals surface area contributed by atoms with Crippen LogP contribution in [-0.2, 0) is 9.84 Å². The van der Waals surface area contributed by atoms with Crippen molar-refractivity contribution in [3.8, 4) is 0 Å². The highest BCUT2D eigenvalue weighted by molar-refractivity contribution is 7.91. The van der Waals surface area contributed by atoms with Crippen LogP contribution in [0.1, 0.15) is 18.1 Å². The predicted octanol–water partition coefficient (Wildman–Crippen LogP) is 4.57. The summed E-state index contributed by atoms with van der Waals surface area (Å²) >= 11 is 0. The van der Waals surface area contributed by atoms with E-state index in [4.69, 9.17) is 0 Å². The monoisotopic (exact) mass is 409 g/mol. The molecule has 0 aliphatic carbocycles. The Labute approximate surface area is 168 Å². The molecule has 0 saturated heterocycles. The Bertz CT molecular complexity index is 1170. The number of hydrogen-bond acceptors (Lipinski definition) is 6. The predicted molar refractivity (Wildman–Crippen MR) is 112 cm³/mol. The second kappa shape index (κ2) is 8.24. The van der Waals surface area contributed by atoms with Gasteiger partial charge in [-0.3, -0.25) is 15.5 Å². The average Bonchev–Trinajstić information content (AvgIpc) is 2.72. The number of hydrazone groups is 1. The van der Waals surface area contributed by atoms with E-state index in [1.54, 1.807) is 55.5 Å². The Balaban J connectivity index is 1.77. The van der Waals surface area contributed by atoms with E-state index >= 15 is 0 Å². The molecule has 0 saturated carbocycles. The van der Waals surface area contributed by atoms with E-state index in [0.29, 0.717) is 17.0 Å². The highest BCUT2D eigenvalue weighted by atomic mass is 32.2. The third-order valence-corrected chi connectivity index (χ3v) is 6.11. The zero-order valence-electron chi connectivity index (χ0n) is 15.9. The van der Waals surface area contributed by atoms with Crippen molar-refractivity contribution in [2.24, 2.45) is 5.10 Å². The molecule has 8 heteroatoms. The first-order valence-electron chi connectivity index (χ1n) is 8.74. The molecule has 0 bridgehead atoms. The lowest BCUT2D eigenvalue weighted by atomic mass is 10.1. The standard InChI is InChI=1S/C21H19N3O4S/c1-15-6-10-20(11-7-15)29(27,28)21-12-8-18(9-13-21)23-22-16(2)17-4-3-5-19(14-17)24(25)26/h3-14,23H,1-2H3/b22-16-. The fourth-order valence-electron chi connectivity index (χ4n) is 2.62. The van der Waals surface area contributed by atoms with Gasteiger partial charge in [-0.15, -0.1) is 0 Å². The van der Waals surface area contributed by atoms with Crippen LogP contribution in [0.5, 0.6) is 0 Å². The Morgan fingerprint density at radius 3 is 2.14 bits per heavy atom. The fraction of sp³-hybridized carbons (Fsp3) is 0.0952. The minimum Gasteiger partial charge on any atom is -0.278 e. The van der Waals surface area contributed by atoms with Crippen molar-refractivity contribution in [2.75, 3.05) is 5.43 Å². The van der Waals surface area contributed by atoms with E-state index in [1.807, 2.05) is 6.92 Å². The summed E-state index contributed by atoms with van der Waals surface area (Å²) in [6, 6.07) is 19.1. The van der Waals surface area contributed by atoms with Gasteiger partial charge in [-0.2, -0.15) is 5.10 Å². The minimum absolute atomic E-state index is 0.0114. The molecule has 0 aliphatic rings. The molecule has 1 N–H and O–H groups in total. The average molecular weight is 409 g/mol. The molecule has 3 aromatic carbocycles. The van der Waals surface area contributed by atoms with Crippen LogP contribution >= 0.6 is 0 Å². The lowest BCUT2D eigenvalue weighted by Gasteiger charge is -2.07. The second-order valence-electron chi connectivity index (χ2n) is 6.46. The Hall–Kier alpha value is -3.52. The Morgan fingerprint density at radius 2 is 1.55 bits per heavy atom. The number of nitrogens with zero attached hydrogens (tertiary/aromatic N) is 2. The zero-order valence-corrected chi connectivity index (χ0v) is 16.7. The minimum atomic E-state index is -3.59. The normalized spacial score (nSPS) is 11.9. The molecule has 0 aromatic heterocycles. The van der Waals surface area contributed by atoms with Crippen LogP contribution in [0.4, 0.5) is 11.4 Å². The number of benzene rings is 3. The molecule has 0 spiro atoms. The molecule has 0 unspecified atom stereocenters. The zero-order chi connectivity index (χ0) is 21.0. The summed E-state index contributed by atoms with van der Waals surface area (Å²) in [4.78, 5) is 10.9. The van der Waals surface area contributed by atoms with Gasteiger partial charge in [-0.25, -0.2) is 8.42 Å². The molecule has 0 amide bonds. The number of hydrogen-bond donors (Lipinski definition) is 1. The molecule has 3 aromatic rings. The van der Waals surface area contributed by atoms with Crippen molar-refractivity contribution in [1.82, 2.24) is 0 Å². The lowest BCUT2D eigenvalue weighted by Crippen LogP contribution is -2.03. The summed E-state index contributed by atoms with van der Waals surface area (Å²) in [5.41, 5.74) is 5.59. The van der Waals surface area contributed by atoms with Gasteiger partial charge in [-0.1, -0.05) is 29.8 Å². The van der Waals surface area contributed by atoms with E-state index in [2.05, 4.69) is 10.5 Å². The van der Waals surface area contributed by atoms with E-state index in [-0.39, 0.29) is 15.5 Å². The SMILES string of the molecule is C/C(=N/Nc1ccc(S(=O)(=O)c2ccc(C)cc2)cc1)c1cccc([N+](=O)[O-])c1. The van der Waals surface area contributed by atoms with Crippen molar-refractivity contribution in [3.63, 3.8) is 0 Å². The van der Waals surface area contributed by atoms with Crippen LogP contribution in [0.15, 0.2) is 87.7 Å². The third-order valence-electron chi connectivity index (χ3n) is 4.32. The maximum atomic E-state index is 12.7. The van der Waals surface area contributed by atoms with Gasteiger partial charge in [0.05, 0.1) is 26.1 Å². The Kier molecular flexibility index (Phi) is 5.74. The van der Waals surface area contributed by atoms with Gasteiger partial charge in [0.2, 0.25) is 9.84 Å². The van der Waals surface area contributed by atoms with Crippen LogP contribution in [0.25, 0.3) is 0 Å². The molecular weight excluding hydrogens is 390 g/mol. The third kappa shape index (κ3) is 4.67. The smallest absolute Gasteiger partial charge is 0.270 e. The van der Waals surface area contributed by atoms with Gasteiger partial charge in [0.1, 0.15) is 0 Å². The first-order chi connectivity index (χ1) is 13.8. The van der Waals surface area contributed by atoms with Crippen molar-refractivity contribution in [1.29, 1.82) is 0 Å². The first-order valence-corrected chi connectivity index (χ1v) is 10.2. The quantitative estimate of drug-likeness (QED) is 0.365. The molecule has 0 aliphatic heterocycles. The first kappa shape index (κ1) is 20.2.